The van der Waals surface area contributed by atoms with Crippen molar-refractivity contribution >= 4 is 39.9 Å². The second kappa shape index (κ2) is 13.3. The van der Waals surface area contributed by atoms with Crippen LogP contribution in [0, 0.1) is 5.92 Å². The quantitative estimate of drug-likeness (QED) is 0.240. The summed E-state index contributed by atoms with van der Waals surface area (Å²) in [5, 5.41) is 12.2. The standard InChI is InChI=1S/C36H41ClN8O2S/c1-22(46)39-36-41-30-12-11-28-32(25-3-2-14-38-20-25)42-45(33(28)34(30)48-36)31-13-6-24(19-29(31)37)35(47)40-26-7-9-27(10-8-26)44-17-15-43(16-18-44)21-23-4-5-23/h2-3,6,13-14,19-20,23,26-27H,4-5,7-12,15-18,21H2,1H3,(H,40,47)(H,39,41,46)/t26-,27-. The number of piperazine rings is 1. The fourth-order valence-electron chi connectivity index (χ4n) is 7.63. The number of halogens is 1. The predicted octanol–water partition coefficient (Wildman–Crippen LogP) is 5.84. The van der Waals surface area contributed by atoms with E-state index in [0.717, 1.165) is 77.5 Å². The molecule has 1 saturated heterocycles. The number of nitrogens with zero attached hydrogens (tertiary/aromatic N) is 6. The Morgan fingerprint density at radius 1 is 1.02 bits per heavy atom. The normalized spacial score (nSPS) is 21.4. The van der Waals surface area contributed by atoms with Gasteiger partial charge in [-0.05, 0) is 87.6 Å². The maximum atomic E-state index is 13.4. The lowest BCUT2D eigenvalue weighted by Crippen LogP contribution is -2.52. The number of aryl methyl sites for hydroxylation is 1. The van der Waals surface area contributed by atoms with Crippen molar-refractivity contribution in [3.05, 3.63) is 64.6 Å². The van der Waals surface area contributed by atoms with Gasteiger partial charge in [-0.2, -0.15) is 5.10 Å². The molecule has 3 aliphatic carbocycles. The second-order valence-corrected chi connectivity index (χ2v) is 15.1. The summed E-state index contributed by atoms with van der Waals surface area (Å²) in [6.07, 6.45) is 12.1. The Bertz CT molecular complexity index is 1820. The Morgan fingerprint density at radius 2 is 1.83 bits per heavy atom. The van der Waals surface area contributed by atoms with E-state index >= 15 is 0 Å². The van der Waals surface area contributed by atoms with Crippen LogP contribution < -0.4 is 10.6 Å². The highest BCUT2D eigenvalue weighted by atomic mass is 35.5. The molecule has 10 nitrogen and oxygen atoms in total. The minimum absolute atomic E-state index is 0.0937. The lowest BCUT2D eigenvalue weighted by atomic mass is 9.89. The molecule has 0 unspecified atom stereocenters. The van der Waals surface area contributed by atoms with Crippen molar-refractivity contribution in [3.63, 3.8) is 0 Å². The molecule has 0 atom stereocenters. The third-order valence-electron chi connectivity index (χ3n) is 10.3. The minimum Gasteiger partial charge on any atom is -0.349 e. The molecule has 250 valence electrons. The zero-order valence-corrected chi connectivity index (χ0v) is 28.8. The molecule has 2 N–H and O–H groups in total. The highest BCUT2D eigenvalue weighted by molar-refractivity contribution is 7.19. The second-order valence-electron chi connectivity index (χ2n) is 13.7. The van der Waals surface area contributed by atoms with Crippen LogP contribution in [0.4, 0.5) is 5.13 Å². The van der Waals surface area contributed by atoms with Crippen molar-refractivity contribution < 1.29 is 9.59 Å². The van der Waals surface area contributed by atoms with Crippen LogP contribution in [0.2, 0.25) is 5.02 Å². The lowest BCUT2D eigenvalue weighted by Gasteiger charge is -2.42. The van der Waals surface area contributed by atoms with Gasteiger partial charge in [0.1, 0.15) is 0 Å². The number of fused-ring (bicyclic) bond motifs is 3. The van der Waals surface area contributed by atoms with Crippen LogP contribution in [0.25, 0.3) is 27.5 Å². The average Bonchev–Trinajstić information content (AvgIpc) is 3.68. The van der Waals surface area contributed by atoms with Gasteiger partial charge >= 0.3 is 0 Å². The number of amides is 2. The molecule has 4 aromatic rings. The van der Waals surface area contributed by atoms with E-state index in [2.05, 4.69) is 25.4 Å². The summed E-state index contributed by atoms with van der Waals surface area (Å²) in [5.74, 6) is 0.706. The molecule has 3 aromatic heterocycles. The number of aromatic nitrogens is 4. The molecule has 12 heteroatoms. The van der Waals surface area contributed by atoms with Gasteiger partial charge in [0.2, 0.25) is 5.91 Å². The van der Waals surface area contributed by atoms with Gasteiger partial charge in [0.05, 0.1) is 32.7 Å². The molecule has 0 radical (unpaired) electrons. The molecular formula is C36H41ClN8O2S. The zero-order valence-electron chi connectivity index (χ0n) is 27.3. The fourth-order valence-corrected chi connectivity index (χ4v) is 9.01. The van der Waals surface area contributed by atoms with E-state index in [9.17, 15) is 9.59 Å². The maximum Gasteiger partial charge on any atom is 0.251 e. The summed E-state index contributed by atoms with van der Waals surface area (Å²) in [7, 11) is 0. The van der Waals surface area contributed by atoms with Gasteiger partial charge in [0.25, 0.3) is 5.91 Å². The van der Waals surface area contributed by atoms with Crippen LogP contribution in [-0.2, 0) is 17.6 Å². The molecule has 1 aliphatic heterocycles. The molecule has 1 aromatic carbocycles. The van der Waals surface area contributed by atoms with E-state index in [0.29, 0.717) is 27.4 Å². The number of pyridine rings is 1. The number of benzene rings is 1. The molecule has 4 heterocycles. The number of carbonyl (C=O) groups excluding carboxylic acids is 2. The van der Waals surface area contributed by atoms with Crippen molar-refractivity contribution in [3.8, 4) is 27.5 Å². The predicted molar refractivity (Wildman–Crippen MR) is 189 cm³/mol. The van der Waals surface area contributed by atoms with Gasteiger partial charge in [-0.3, -0.25) is 19.5 Å². The number of hydrogen-bond acceptors (Lipinski definition) is 8. The first kappa shape index (κ1) is 31.6. The average molecular weight is 685 g/mol. The van der Waals surface area contributed by atoms with Crippen LogP contribution in [0.5, 0.6) is 0 Å². The number of nitrogens with one attached hydrogen (secondary N) is 2. The Balaban J connectivity index is 0.978. The smallest absolute Gasteiger partial charge is 0.251 e. The van der Waals surface area contributed by atoms with Crippen LogP contribution in [0.15, 0.2) is 42.7 Å². The zero-order chi connectivity index (χ0) is 32.8. The molecule has 0 spiro atoms. The number of rotatable bonds is 8. The van der Waals surface area contributed by atoms with Crippen molar-refractivity contribution in [2.75, 3.05) is 38.0 Å². The topological polar surface area (TPSA) is 108 Å². The van der Waals surface area contributed by atoms with Crippen LogP contribution >= 0.6 is 22.9 Å². The summed E-state index contributed by atoms with van der Waals surface area (Å²) in [4.78, 5) is 40.6. The van der Waals surface area contributed by atoms with E-state index in [1.807, 2.05) is 35.1 Å². The first-order valence-electron chi connectivity index (χ1n) is 17.3. The molecule has 48 heavy (non-hydrogen) atoms. The Labute approximate surface area is 289 Å². The van der Waals surface area contributed by atoms with Gasteiger partial charge in [0, 0.05) is 80.8 Å². The van der Waals surface area contributed by atoms with Crippen LogP contribution in [-0.4, -0.2) is 86.2 Å². The van der Waals surface area contributed by atoms with Crippen LogP contribution in [0.1, 0.15) is 67.1 Å². The van der Waals surface area contributed by atoms with Crippen molar-refractivity contribution in [1.82, 2.24) is 34.9 Å². The van der Waals surface area contributed by atoms with E-state index < -0.39 is 0 Å². The molecule has 2 saturated carbocycles. The highest BCUT2D eigenvalue weighted by Gasteiger charge is 2.33. The van der Waals surface area contributed by atoms with Gasteiger partial charge in [-0.1, -0.05) is 22.9 Å². The summed E-state index contributed by atoms with van der Waals surface area (Å²) in [6, 6.07) is 10.2. The van der Waals surface area contributed by atoms with Gasteiger partial charge in [-0.15, -0.1) is 0 Å². The van der Waals surface area contributed by atoms with Crippen molar-refractivity contribution in [2.45, 2.75) is 70.4 Å². The summed E-state index contributed by atoms with van der Waals surface area (Å²) in [6.45, 7) is 7.50. The molecule has 4 aliphatic rings. The Morgan fingerprint density at radius 3 is 2.54 bits per heavy atom. The minimum atomic E-state index is -0.159. The fraction of sp³-hybridized carbons (Fsp3) is 0.472. The molecule has 8 rings (SSSR count). The molecule has 0 bridgehead atoms. The van der Waals surface area contributed by atoms with Gasteiger partial charge in [-0.25, -0.2) is 9.67 Å². The first-order chi connectivity index (χ1) is 23.4. The Hall–Kier alpha value is -3.64. The van der Waals surface area contributed by atoms with E-state index in [1.165, 1.54) is 63.8 Å². The summed E-state index contributed by atoms with van der Waals surface area (Å²) < 4.78 is 1.86. The lowest BCUT2D eigenvalue weighted by molar-refractivity contribution is -0.114. The maximum absolute atomic E-state index is 13.4. The van der Waals surface area contributed by atoms with Crippen molar-refractivity contribution in [2.24, 2.45) is 5.92 Å². The molecular weight excluding hydrogens is 644 g/mol. The first-order valence-corrected chi connectivity index (χ1v) is 18.5. The van der Waals surface area contributed by atoms with Gasteiger partial charge < -0.3 is 15.5 Å². The van der Waals surface area contributed by atoms with Crippen LogP contribution in [0.3, 0.4) is 0 Å². The van der Waals surface area contributed by atoms with E-state index in [-0.39, 0.29) is 17.9 Å². The summed E-state index contributed by atoms with van der Waals surface area (Å²) in [5.41, 5.74) is 5.89. The molecule has 2 amide bonds. The molecule has 3 fully saturated rings. The monoisotopic (exact) mass is 684 g/mol. The largest absolute Gasteiger partial charge is 0.349 e. The number of thiazole rings is 1. The summed E-state index contributed by atoms with van der Waals surface area (Å²) >= 11 is 8.40. The third kappa shape index (κ3) is 6.53. The Kier molecular flexibility index (Phi) is 8.79. The number of carbonyl (C=O) groups is 2. The number of anilines is 1. The highest BCUT2D eigenvalue weighted by Crippen LogP contribution is 2.44. The SMILES string of the molecule is CC(=O)Nc1nc2c(s1)-c1c(c(-c3cccnc3)nn1-c1ccc(C(=O)N[C@H]3CC[C@H](N4CCN(CC5CC5)CC4)CC3)cc1Cl)CC2. The van der Waals surface area contributed by atoms with Crippen molar-refractivity contribution in [1.29, 1.82) is 0 Å². The van der Waals surface area contributed by atoms with E-state index in [4.69, 9.17) is 21.7 Å². The number of hydrogen-bond donors (Lipinski definition) is 2. The van der Waals surface area contributed by atoms with Gasteiger partial charge in [0.15, 0.2) is 5.13 Å². The van der Waals surface area contributed by atoms with E-state index in [1.54, 1.807) is 12.3 Å². The third-order valence-corrected chi connectivity index (χ3v) is 11.7.